The predicted octanol–water partition coefficient (Wildman–Crippen LogP) is -0.436. The van der Waals surface area contributed by atoms with Crippen LogP contribution in [0, 0.1) is 5.92 Å². The third-order valence-corrected chi connectivity index (χ3v) is 11.5. The van der Waals surface area contributed by atoms with Crippen molar-refractivity contribution in [2.45, 2.75) is 133 Å². The van der Waals surface area contributed by atoms with Gasteiger partial charge in [0.2, 0.25) is 41.4 Å². The molecule has 19 heteroatoms. The Kier molecular flexibility index (Phi) is 17.5. The number of hydrogen-bond donors (Lipinski definition) is 9. The number of aromatic nitrogens is 2. The highest BCUT2D eigenvalue weighted by Gasteiger charge is 2.40. The van der Waals surface area contributed by atoms with Crippen molar-refractivity contribution in [2.75, 3.05) is 19.6 Å². The third-order valence-electron chi connectivity index (χ3n) is 11.5. The van der Waals surface area contributed by atoms with E-state index in [1.807, 2.05) is 30.3 Å². The normalized spacial score (nSPS) is 24.1. The van der Waals surface area contributed by atoms with E-state index < -0.39 is 77.6 Å². The number of guanidine groups is 1. The molecule has 3 fully saturated rings. The highest BCUT2D eigenvalue weighted by atomic mass is 16.2. The zero-order valence-corrected chi connectivity index (χ0v) is 35.0. The van der Waals surface area contributed by atoms with Crippen molar-refractivity contribution in [2.24, 2.45) is 22.4 Å². The number of rotatable bonds is 13. The fraction of sp³-hybridized carbons (Fsp3) is 0.595. The van der Waals surface area contributed by atoms with Gasteiger partial charge in [-0.2, -0.15) is 0 Å². The smallest absolute Gasteiger partial charge is 0.245 e. The average Bonchev–Trinajstić information content (AvgIpc) is 3.95. The van der Waals surface area contributed by atoms with Crippen LogP contribution in [0.25, 0.3) is 0 Å². The van der Waals surface area contributed by atoms with Gasteiger partial charge < -0.3 is 53.3 Å². The summed E-state index contributed by atoms with van der Waals surface area (Å²) < 4.78 is 0. The van der Waals surface area contributed by atoms with Gasteiger partial charge in [-0.25, -0.2) is 4.98 Å². The first-order valence-corrected chi connectivity index (χ1v) is 21.5. The van der Waals surface area contributed by atoms with E-state index in [1.54, 1.807) is 0 Å². The van der Waals surface area contributed by atoms with Crippen LogP contribution in [0.2, 0.25) is 0 Å². The summed E-state index contributed by atoms with van der Waals surface area (Å²) in [7, 11) is 0. The lowest BCUT2D eigenvalue weighted by atomic mass is 9.84. The first-order valence-electron chi connectivity index (χ1n) is 21.5. The molecule has 2 saturated heterocycles. The van der Waals surface area contributed by atoms with Gasteiger partial charge in [0.05, 0.1) is 6.33 Å². The molecule has 6 atom stereocenters. The number of fused-ring (bicyclic) bond motifs is 1. The number of amides is 7. The van der Waals surface area contributed by atoms with Crippen LogP contribution < -0.4 is 43.4 Å². The van der Waals surface area contributed by atoms with Gasteiger partial charge in [0.25, 0.3) is 0 Å². The lowest BCUT2D eigenvalue weighted by Gasteiger charge is -2.32. The van der Waals surface area contributed by atoms with Crippen molar-refractivity contribution < 1.29 is 33.6 Å². The number of aliphatic imine (C=N–C) groups is 1. The van der Waals surface area contributed by atoms with Gasteiger partial charge in [-0.1, -0.05) is 62.4 Å². The molecule has 332 valence electrons. The van der Waals surface area contributed by atoms with Gasteiger partial charge in [0.15, 0.2) is 5.96 Å². The second kappa shape index (κ2) is 23.1. The van der Waals surface area contributed by atoms with E-state index in [4.69, 9.17) is 11.5 Å². The summed E-state index contributed by atoms with van der Waals surface area (Å²) in [5.74, 6) is -3.66. The molecule has 0 bridgehead atoms. The molecule has 2 aromatic rings. The van der Waals surface area contributed by atoms with Gasteiger partial charge >= 0.3 is 0 Å². The van der Waals surface area contributed by atoms with Gasteiger partial charge in [-0.15, -0.1) is 0 Å². The number of nitrogens with zero attached hydrogens (tertiary/aromatic N) is 3. The Hall–Kier alpha value is -6.01. The average molecular weight is 847 g/mol. The molecule has 19 nitrogen and oxygen atoms in total. The molecule has 7 amide bonds. The molecule has 0 radical (unpaired) electrons. The number of aromatic amines is 1. The zero-order valence-electron chi connectivity index (χ0n) is 35.0. The minimum atomic E-state index is -1.15. The second-order valence-corrected chi connectivity index (χ2v) is 16.3. The summed E-state index contributed by atoms with van der Waals surface area (Å²) in [4.78, 5) is 110. The molecule has 0 spiro atoms. The van der Waals surface area contributed by atoms with Crippen LogP contribution in [-0.4, -0.2) is 118 Å². The first kappa shape index (κ1) is 46.1. The van der Waals surface area contributed by atoms with E-state index in [2.05, 4.69) is 46.9 Å². The highest BCUT2D eigenvalue weighted by Crippen LogP contribution is 2.28. The number of hydrogen-bond acceptors (Lipinski definition) is 9. The van der Waals surface area contributed by atoms with E-state index in [0.29, 0.717) is 31.4 Å². The summed E-state index contributed by atoms with van der Waals surface area (Å²) in [6.45, 7) is 1.82. The largest absolute Gasteiger partial charge is 0.370 e. The Morgan fingerprint density at radius 1 is 0.869 bits per heavy atom. The Bertz CT molecular complexity index is 1830. The number of nitrogens with one attached hydrogen (secondary N) is 7. The van der Waals surface area contributed by atoms with Gasteiger partial charge in [-0.3, -0.25) is 38.6 Å². The lowest BCUT2D eigenvalue weighted by Crippen LogP contribution is -2.60. The monoisotopic (exact) mass is 846 g/mol. The van der Waals surface area contributed by atoms with Gasteiger partial charge in [-0.05, 0) is 56.4 Å². The van der Waals surface area contributed by atoms with E-state index >= 15 is 0 Å². The Labute approximate surface area is 356 Å². The van der Waals surface area contributed by atoms with Crippen molar-refractivity contribution in [3.8, 4) is 0 Å². The summed E-state index contributed by atoms with van der Waals surface area (Å²) in [6.07, 6.45) is 10.0. The van der Waals surface area contributed by atoms with Crippen LogP contribution in [0.15, 0.2) is 47.8 Å². The molecule has 0 unspecified atom stereocenters. The maximum Gasteiger partial charge on any atom is 0.245 e. The van der Waals surface area contributed by atoms with E-state index in [-0.39, 0.29) is 63.6 Å². The van der Waals surface area contributed by atoms with Crippen LogP contribution in [0.1, 0.15) is 95.2 Å². The fourth-order valence-electron chi connectivity index (χ4n) is 8.38. The number of nitrogens with two attached hydrogens (primary N) is 2. The molecular weight excluding hydrogens is 785 g/mol. The molecule has 1 saturated carbocycles. The molecule has 1 aliphatic carbocycles. The van der Waals surface area contributed by atoms with Crippen LogP contribution in [0.3, 0.4) is 0 Å². The number of carbonyl (C=O) groups is 7. The van der Waals surface area contributed by atoms with Crippen molar-refractivity contribution in [1.82, 2.24) is 46.8 Å². The Morgan fingerprint density at radius 2 is 1.59 bits per heavy atom. The van der Waals surface area contributed by atoms with Gasteiger partial charge in [0, 0.05) is 51.3 Å². The van der Waals surface area contributed by atoms with Crippen LogP contribution in [0.5, 0.6) is 0 Å². The third kappa shape index (κ3) is 14.3. The van der Waals surface area contributed by atoms with Crippen LogP contribution in [-0.2, 0) is 46.4 Å². The second-order valence-electron chi connectivity index (χ2n) is 16.3. The van der Waals surface area contributed by atoms with Crippen LogP contribution in [0.4, 0.5) is 0 Å². The lowest BCUT2D eigenvalue weighted by molar-refractivity contribution is -0.142. The van der Waals surface area contributed by atoms with Gasteiger partial charge in [0.1, 0.15) is 36.3 Å². The molecule has 1 aromatic carbocycles. The SMILES string of the molecule is CC(=O)N[C@@H](Cc1ccccc1)C(=O)N[C@H]1CCCNC(=O)[C@H](CCCN=C(N)N)NC(=O)[C@H](Cc2cnc[nH]2)NC(=O)[C@H](CC2CCCCC2)NC(=O)[C@@H]2CCCN2C1=O. The molecule has 1 aromatic heterocycles. The van der Waals surface area contributed by atoms with E-state index in [0.717, 1.165) is 37.7 Å². The summed E-state index contributed by atoms with van der Waals surface area (Å²) >= 11 is 0. The van der Waals surface area contributed by atoms with E-state index in [1.165, 1.54) is 24.3 Å². The molecule has 61 heavy (non-hydrogen) atoms. The molecule has 11 N–H and O–H groups in total. The van der Waals surface area contributed by atoms with E-state index in [9.17, 15) is 33.6 Å². The maximum atomic E-state index is 14.5. The summed E-state index contributed by atoms with van der Waals surface area (Å²) in [5.41, 5.74) is 12.4. The predicted molar refractivity (Wildman–Crippen MR) is 226 cm³/mol. The quantitative estimate of drug-likeness (QED) is 0.0712. The molecular formula is C42H62N12O7. The summed E-state index contributed by atoms with van der Waals surface area (Å²) in [5, 5.41) is 17.0. The maximum absolute atomic E-state index is 14.5. The first-order chi connectivity index (χ1) is 29.4. The summed E-state index contributed by atoms with van der Waals surface area (Å²) in [6, 6.07) is 2.86. The number of benzene rings is 1. The Balaban J connectivity index is 1.45. The van der Waals surface area contributed by atoms with Crippen molar-refractivity contribution in [3.63, 3.8) is 0 Å². The van der Waals surface area contributed by atoms with Crippen molar-refractivity contribution >= 4 is 47.3 Å². The molecule has 5 rings (SSSR count). The molecule has 2 aliphatic heterocycles. The number of imidazole rings is 1. The van der Waals surface area contributed by atoms with Crippen molar-refractivity contribution in [3.05, 3.63) is 54.1 Å². The van der Waals surface area contributed by atoms with Crippen LogP contribution >= 0.6 is 0 Å². The zero-order chi connectivity index (χ0) is 43.7. The topological polar surface area (TPSA) is 288 Å². The molecule has 3 aliphatic rings. The standard InChI is InChI=1S/C42H62N12O7/c1-26(55)49-32(21-27-11-4-2-5-12-27)37(57)51-31-16-9-18-46-36(56)30(15-8-19-47-42(43)44)50-39(59)34(23-29-24-45-25-48-29)52-38(58)33(22-28-13-6-3-7-14-28)53-40(60)35-17-10-20-54(35)41(31)61/h2,4-5,11-12,24-25,28,30-35H,3,6-10,13-23H2,1H3,(H,45,48)(H,46,56)(H,49,55)(H,50,59)(H,51,57)(H,52,58)(H,53,60)(H4,43,44,47)/t30-,31-,32-,33-,34-,35-/m0/s1. The minimum Gasteiger partial charge on any atom is -0.370 e. The van der Waals surface area contributed by atoms with Crippen molar-refractivity contribution in [1.29, 1.82) is 0 Å². The minimum absolute atomic E-state index is 0.0240. The Morgan fingerprint density at radius 3 is 2.30 bits per heavy atom. The number of carbonyl (C=O) groups excluding carboxylic acids is 7. The highest BCUT2D eigenvalue weighted by molar-refractivity contribution is 5.97. The fourth-order valence-corrected chi connectivity index (χ4v) is 8.38. The number of H-pyrrole nitrogens is 1. The molecule has 3 heterocycles.